The molecule has 0 aliphatic carbocycles. The molecule has 34 heavy (non-hydrogen) atoms. The van der Waals surface area contributed by atoms with Crippen molar-refractivity contribution in [2.45, 2.75) is 45.2 Å². The Balaban J connectivity index is 1.70. The third kappa shape index (κ3) is 6.34. The largest absolute Gasteiger partial charge is 0.497 e. The average Bonchev–Trinajstić information content (AvgIpc) is 2.87. The molecule has 0 saturated carbocycles. The van der Waals surface area contributed by atoms with Crippen LogP contribution in [0.4, 0.5) is 4.39 Å². The van der Waals surface area contributed by atoms with E-state index in [2.05, 4.69) is 10.6 Å². The minimum absolute atomic E-state index is 0.0348. The second-order valence-corrected chi connectivity index (χ2v) is 8.64. The molecule has 2 atom stereocenters. The Morgan fingerprint density at radius 1 is 1.06 bits per heavy atom. The zero-order chi connectivity index (χ0) is 24.7. The van der Waals surface area contributed by atoms with Crippen molar-refractivity contribution in [3.63, 3.8) is 0 Å². The first-order valence-electron chi connectivity index (χ1n) is 11.6. The molecule has 3 rings (SSSR count). The standard InChI is InChI=1S/C26H32FN3O4/c1-4-17(2)28-25(32)23(29-24(31)19-8-10-21(27)11-9-19)18-12-14-30(15-13-18)26(33)20-6-5-7-22(16-20)34-3/h5-11,16-18,23H,4,12-15H2,1-3H3,(H,28,32)(H,29,31)/t17-,23+/m1/s1. The van der Waals surface area contributed by atoms with Crippen molar-refractivity contribution in [2.24, 2.45) is 5.92 Å². The van der Waals surface area contributed by atoms with Gasteiger partial charge in [-0.1, -0.05) is 13.0 Å². The number of likely N-dealkylation sites (tertiary alicyclic amines) is 1. The number of halogens is 1. The molecule has 0 unspecified atom stereocenters. The monoisotopic (exact) mass is 469 g/mol. The summed E-state index contributed by atoms with van der Waals surface area (Å²) in [7, 11) is 1.56. The highest BCUT2D eigenvalue weighted by atomic mass is 19.1. The van der Waals surface area contributed by atoms with Gasteiger partial charge in [-0.2, -0.15) is 0 Å². The molecule has 1 saturated heterocycles. The maximum absolute atomic E-state index is 13.2. The van der Waals surface area contributed by atoms with E-state index >= 15 is 0 Å². The van der Waals surface area contributed by atoms with E-state index in [-0.39, 0.29) is 29.3 Å². The van der Waals surface area contributed by atoms with Crippen molar-refractivity contribution < 1.29 is 23.5 Å². The molecule has 7 nitrogen and oxygen atoms in total. The number of hydrogen-bond donors (Lipinski definition) is 2. The Kier molecular flexibility index (Phi) is 8.62. The molecular weight excluding hydrogens is 437 g/mol. The van der Waals surface area contributed by atoms with E-state index in [1.807, 2.05) is 13.8 Å². The van der Waals surface area contributed by atoms with Crippen LogP contribution in [0.5, 0.6) is 5.75 Å². The average molecular weight is 470 g/mol. The van der Waals surface area contributed by atoms with Crippen LogP contribution >= 0.6 is 0 Å². The highest BCUT2D eigenvalue weighted by Crippen LogP contribution is 2.24. The molecule has 182 valence electrons. The van der Waals surface area contributed by atoms with Gasteiger partial charge in [0, 0.05) is 30.3 Å². The molecule has 1 fully saturated rings. The number of methoxy groups -OCH3 is 1. The van der Waals surface area contributed by atoms with Gasteiger partial charge < -0.3 is 20.3 Å². The number of ether oxygens (including phenoxy) is 1. The summed E-state index contributed by atoms with van der Waals surface area (Å²) in [6.07, 6.45) is 1.90. The summed E-state index contributed by atoms with van der Waals surface area (Å²) < 4.78 is 18.5. The molecule has 2 aromatic carbocycles. The SMILES string of the molecule is CC[C@@H](C)NC(=O)[C@@H](NC(=O)c1ccc(F)cc1)C1CCN(C(=O)c2cccc(OC)c2)CC1. The number of nitrogens with one attached hydrogen (secondary N) is 2. The molecular formula is C26H32FN3O4. The summed E-state index contributed by atoms with van der Waals surface area (Å²) in [6, 6.07) is 11.5. The van der Waals surface area contributed by atoms with E-state index in [1.165, 1.54) is 24.3 Å². The van der Waals surface area contributed by atoms with Gasteiger partial charge in [-0.25, -0.2) is 4.39 Å². The smallest absolute Gasteiger partial charge is 0.253 e. The molecule has 1 heterocycles. The second-order valence-electron chi connectivity index (χ2n) is 8.64. The maximum atomic E-state index is 13.2. The zero-order valence-corrected chi connectivity index (χ0v) is 19.8. The Morgan fingerprint density at radius 2 is 1.74 bits per heavy atom. The molecule has 0 aromatic heterocycles. The van der Waals surface area contributed by atoms with Gasteiger partial charge in [0.05, 0.1) is 7.11 Å². The number of benzene rings is 2. The van der Waals surface area contributed by atoms with E-state index in [9.17, 15) is 18.8 Å². The molecule has 1 aliphatic heterocycles. The van der Waals surface area contributed by atoms with Crippen LogP contribution in [0.25, 0.3) is 0 Å². The van der Waals surface area contributed by atoms with Gasteiger partial charge in [0.2, 0.25) is 5.91 Å². The van der Waals surface area contributed by atoms with Crippen LogP contribution in [-0.4, -0.2) is 54.9 Å². The summed E-state index contributed by atoms with van der Waals surface area (Å²) in [5.41, 5.74) is 0.835. The Labute approximate surface area is 199 Å². The number of hydrogen-bond acceptors (Lipinski definition) is 4. The van der Waals surface area contributed by atoms with Crippen molar-refractivity contribution >= 4 is 17.7 Å². The third-order valence-corrected chi connectivity index (χ3v) is 6.29. The van der Waals surface area contributed by atoms with E-state index in [0.29, 0.717) is 37.2 Å². The fourth-order valence-electron chi connectivity index (χ4n) is 4.03. The first kappa shape index (κ1) is 25.2. The quantitative estimate of drug-likeness (QED) is 0.620. The van der Waals surface area contributed by atoms with Crippen LogP contribution in [0.3, 0.4) is 0 Å². The predicted octanol–water partition coefficient (Wildman–Crippen LogP) is 3.40. The number of carbonyl (C=O) groups excluding carboxylic acids is 3. The molecule has 3 amide bonds. The highest BCUT2D eigenvalue weighted by Gasteiger charge is 2.34. The Hall–Kier alpha value is -3.42. The van der Waals surface area contributed by atoms with Crippen molar-refractivity contribution in [1.29, 1.82) is 0 Å². The lowest BCUT2D eigenvalue weighted by atomic mass is 9.88. The third-order valence-electron chi connectivity index (χ3n) is 6.29. The van der Waals surface area contributed by atoms with Crippen molar-refractivity contribution in [3.8, 4) is 5.75 Å². The number of carbonyl (C=O) groups is 3. The lowest BCUT2D eigenvalue weighted by Crippen LogP contribution is -2.55. The number of rotatable bonds is 8. The van der Waals surface area contributed by atoms with Crippen LogP contribution in [0, 0.1) is 11.7 Å². The van der Waals surface area contributed by atoms with Crippen molar-refractivity contribution in [1.82, 2.24) is 15.5 Å². The van der Waals surface area contributed by atoms with E-state index < -0.39 is 17.8 Å². The molecule has 0 bridgehead atoms. The number of nitrogens with zero attached hydrogens (tertiary/aromatic N) is 1. The van der Waals surface area contributed by atoms with Gasteiger partial charge in [-0.3, -0.25) is 14.4 Å². The van der Waals surface area contributed by atoms with Crippen molar-refractivity contribution in [2.75, 3.05) is 20.2 Å². The van der Waals surface area contributed by atoms with Crippen LogP contribution in [-0.2, 0) is 4.79 Å². The van der Waals surface area contributed by atoms with E-state index in [0.717, 1.165) is 6.42 Å². The minimum Gasteiger partial charge on any atom is -0.497 e. The molecule has 8 heteroatoms. The van der Waals surface area contributed by atoms with Crippen molar-refractivity contribution in [3.05, 3.63) is 65.5 Å². The Bertz CT molecular complexity index is 1000. The van der Waals surface area contributed by atoms with Crippen LogP contribution < -0.4 is 15.4 Å². The fraction of sp³-hybridized carbons (Fsp3) is 0.423. The fourth-order valence-corrected chi connectivity index (χ4v) is 4.03. The predicted molar refractivity (Wildman–Crippen MR) is 127 cm³/mol. The lowest BCUT2D eigenvalue weighted by molar-refractivity contribution is -0.125. The first-order valence-corrected chi connectivity index (χ1v) is 11.6. The van der Waals surface area contributed by atoms with Gasteiger partial charge in [0.1, 0.15) is 17.6 Å². The van der Waals surface area contributed by atoms with Gasteiger partial charge in [-0.05, 0) is 74.6 Å². The lowest BCUT2D eigenvalue weighted by Gasteiger charge is -2.36. The topological polar surface area (TPSA) is 87.7 Å². The van der Waals surface area contributed by atoms with Crippen LogP contribution in [0.1, 0.15) is 53.8 Å². The van der Waals surface area contributed by atoms with Gasteiger partial charge in [-0.15, -0.1) is 0 Å². The number of amides is 3. The maximum Gasteiger partial charge on any atom is 0.253 e. The molecule has 2 aromatic rings. The van der Waals surface area contributed by atoms with Gasteiger partial charge in [0.15, 0.2) is 0 Å². The van der Waals surface area contributed by atoms with Crippen LogP contribution in [0.2, 0.25) is 0 Å². The number of piperidine rings is 1. The first-order chi connectivity index (χ1) is 16.3. The molecule has 0 radical (unpaired) electrons. The Morgan fingerprint density at radius 3 is 2.35 bits per heavy atom. The molecule has 1 aliphatic rings. The molecule has 2 N–H and O–H groups in total. The van der Waals surface area contributed by atoms with Crippen LogP contribution in [0.15, 0.2) is 48.5 Å². The molecule has 0 spiro atoms. The second kappa shape index (κ2) is 11.6. The van der Waals surface area contributed by atoms with Gasteiger partial charge >= 0.3 is 0 Å². The summed E-state index contributed by atoms with van der Waals surface area (Å²) in [5.74, 6) is -0.723. The normalized spacial score (nSPS) is 15.8. The van der Waals surface area contributed by atoms with E-state index in [1.54, 1.807) is 36.3 Å². The summed E-state index contributed by atoms with van der Waals surface area (Å²) in [6.45, 7) is 4.83. The zero-order valence-electron chi connectivity index (χ0n) is 19.8. The summed E-state index contributed by atoms with van der Waals surface area (Å²) in [4.78, 5) is 40.6. The highest BCUT2D eigenvalue weighted by molar-refractivity contribution is 5.98. The summed E-state index contributed by atoms with van der Waals surface area (Å²) in [5, 5.41) is 5.81. The van der Waals surface area contributed by atoms with E-state index in [4.69, 9.17) is 4.74 Å². The van der Waals surface area contributed by atoms with Gasteiger partial charge in [0.25, 0.3) is 11.8 Å². The minimum atomic E-state index is -0.749. The summed E-state index contributed by atoms with van der Waals surface area (Å²) >= 11 is 0.